The van der Waals surface area contributed by atoms with E-state index in [2.05, 4.69) is 10.3 Å². The number of aromatic nitrogens is 1. The van der Waals surface area contributed by atoms with E-state index in [0.29, 0.717) is 31.6 Å². The minimum absolute atomic E-state index is 0.118. The van der Waals surface area contributed by atoms with Gasteiger partial charge in [-0.1, -0.05) is 48.5 Å². The van der Waals surface area contributed by atoms with Crippen molar-refractivity contribution < 1.29 is 19.1 Å². The van der Waals surface area contributed by atoms with E-state index >= 15 is 0 Å². The number of benzene rings is 2. The molecule has 0 radical (unpaired) electrons. The second-order valence-corrected chi connectivity index (χ2v) is 8.13. The van der Waals surface area contributed by atoms with Crippen LogP contribution in [0.4, 0.5) is 0 Å². The Morgan fingerprint density at radius 2 is 1.88 bits per heavy atom. The molecule has 2 amide bonds. The van der Waals surface area contributed by atoms with Crippen molar-refractivity contribution in [1.29, 1.82) is 0 Å². The zero-order valence-electron chi connectivity index (χ0n) is 18.0. The topological polar surface area (TPSA) is 91.5 Å². The average molecular weight is 434 g/mol. The van der Waals surface area contributed by atoms with Crippen LogP contribution < -0.4 is 5.32 Å². The fraction of sp³-hybridized carbons (Fsp3) is 0.320. The molecule has 0 aliphatic carbocycles. The van der Waals surface area contributed by atoms with Crippen LogP contribution in [0.2, 0.25) is 0 Å². The summed E-state index contributed by atoms with van der Waals surface area (Å²) in [6.45, 7) is 0.918. The van der Waals surface area contributed by atoms with Gasteiger partial charge in [0, 0.05) is 30.4 Å². The number of hydrogen-bond donors (Lipinski definition) is 2. The Balaban J connectivity index is 1.42. The van der Waals surface area contributed by atoms with Crippen molar-refractivity contribution in [3.05, 3.63) is 71.9 Å². The quantitative estimate of drug-likeness (QED) is 0.585. The van der Waals surface area contributed by atoms with Crippen molar-refractivity contribution >= 4 is 28.7 Å². The van der Waals surface area contributed by atoms with Gasteiger partial charge in [-0.05, 0) is 30.5 Å². The molecular formula is C25H27N3O4. The second kappa shape index (κ2) is 9.68. The number of methoxy groups -OCH3 is 1. The van der Waals surface area contributed by atoms with Crippen molar-refractivity contribution in [1.82, 2.24) is 15.2 Å². The Labute approximate surface area is 186 Å². The normalized spacial score (nSPS) is 17.0. The van der Waals surface area contributed by atoms with E-state index in [-0.39, 0.29) is 17.7 Å². The number of H-pyrrole nitrogens is 1. The minimum atomic E-state index is -0.769. The maximum absolute atomic E-state index is 13.0. The van der Waals surface area contributed by atoms with Crippen LogP contribution in [0.1, 0.15) is 28.9 Å². The molecule has 0 saturated carbocycles. The molecule has 2 aromatic carbocycles. The van der Waals surface area contributed by atoms with Crippen LogP contribution in [0.5, 0.6) is 0 Å². The van der Waals surface area contributed by atoms with Gasteiger partial charge in [-0.25, -0.2) is 4.79 Å². The zero-order valence-corrected chi connectivity index (χ0v) is 18.0. The molecule has 7 heteroatoms. The van der Waals surface area contributed by atoms with Crippen molar-refractivity contribution in [3.8, 4) is 0 Å². The van der Waals surface area contributed by atoms with Crippen LogP contribution in [0.3, 0.4) is 0 Å². The highest BCUT2D eigenvalue weighted by molar-refractivity contribution is 5.98. The third kappa shape index (κ3) is 4.82. The zero-order chi connectivity index (χ0) is 22.5. The Morgan fingerprint density at radius 3 is 2.62 bits per heavy atom. The first kappa shape index (κ1) is 21.6. The number of fused-ring (bicyclic) bond motifs is 1. The lowest BCUT2D eigenvalue weighted by Crippen LogP contribution is -2.50. The van der Waals surface area contributed by atoms with Gasteiger partial charge in [0.25, 0.3) is 5.91 Å². The summed E-state index contributed by atoms with van der Waals surface area (Å²) in [5.41, 5.74) is 2.36. The number of hydrogen-bond acceptors (Lipinski definition) is 4. The molecule has 32 heavy (non-hydrogen) atoms. The lowest BCUT2D eigenvalue weighted by atomic mass is 9.96. The molecule has 1 saturated heterocycles. The molecule has 0 bridgehead atoms. The van der Waals surface area contributed by atoms with Gasteiger partial charge in [0.1, 0.15) is 11.7 Å². The van der Waals surface area contributed by atoms with Gasteiger partial charge in [-0.15, -0.1) is 0 Å². The highest BCUT2D eigenvalue weighted by atomic mass is 16.5. The third-order valence-electron chi connectivity index (χ3n) is 5.92. The molecule has 1 aliphatic heterocycles. The minimum Gasteiger partial charge on any atom is -0.467 e. The number of rotatable bonds is 6. The molecule has 2 N–H and O–H groups in total. The Bertz CT molecular complexity index is 1080. The molecule has 2 heterocycles. The summed E-state index contributed by atoms with van der Waals surface area (Å²) in [4.78, 5) is 43.2. The first-order valence-electron chi connectivity index (χ1n) is 10.8. The summed E-state index contributed by atoms with van der Waals surface area (Å²) >= 11 is 0. The first-order chi connectivity index (χ1) is 15.5. The third-order valence-corrected chi connectivity index (χ3v) is 5.92. The Kier molecular flexibility index (Phi) is 6.54. The second-order valence-electron chi connectivity index (χ2n) is 8.13. The lowest BCUT2D eigenvalue weighted by Gasteiger charge is -2.32. The predicted molar refractivity (Wildman–Crippen MR) is 121 cm³/mol. The van der Waals surface area contributed by atoms with Gasteiger partial charge in [0.2, 0.25) is 5.91 Å². The fourth-order valence-corrected chi connectivity index (χ4v) is 4.21. The smallest absolute Gasteiger partial charge is 0.328 e. The summed E-state index contributed by atoms with van der Waals surface area (Å²) in [6.07, 6.45) is 1.75. The van der Waals surface area contributed by atoms with E-state index in [0.717, 1.165) is 22.9 Å². The highest BCUT2D eigenvalue weighted by Gasteiger charge is 2.32. The number of esters is 1. The molecule has 1 aromatic heterocycles. The van der Waals surface area contributed by atoms with E-state index in [9.17, 15) is 14.4 Å². The Hall–Kier alpha value is -3.61. The first-order valence-corrected chi connectivity index (χ1v) is 10.8. The van der Waals surface area contributed by atoms with Crippen molar-refractivity contribution in [3.63, 3.8) is 0 Å². The van der Waals surface area contributed by atoms with E-state index in [1.54, 1.807) is 4.90 Å². The van der Waals surface area contributed by atoms with Gasteiger partial charge in [0.15, 0.2) is 0 Å². The summed E-state index contributed by atoms with van der Waals surface area (Å²) < 4.78 is 4.90. The van der Waals surface area contributed by atoms with Crippen LogP contribution >= 0.6 is 0 Å². The van der Waals surface area contributed by atoms with Crippen molar-refractivity contribution in [2.75, 3.05) is 20.2 Å². The lowest BCUT2D eigenvalue weighted by molar-refractivity contribution is -0.145. The van der Waals surface area contributed by atoms with Crippen LogP contribution in [0.15, 0.2) is 60.7 Å². The number of amides is 2. The van der Waals surface area contributed by atoms with E-state index in [4.69, 9.17) is 4.74 Å². The molecule has 0 unspecified atom stereocenters. The molecule has 1 aliphatic rings. The van der Waals surface area contributed by atoms with Gasteiger partial charge >= 0.3 is 5.97 Å². The number of likely N-dealkylation sites (tertiary alicyclic amines) is 1. The SMILES string of the molecule is COC(=O)[C@H](Cc1ccccc1)NC(=O)[C@H]1CCCN(C(=O)c2cc3ccccc3[nH]2)C1. The largest absolute Gasteiger partial charge is 0.467 e. The van der Waals surface area contributed by atoms with Crippen LogP contribution in [-0.4, -0.2) is 53.9 Å². The molecule has 166 valence electrons. The maximum Gasteiger partial charge on any atom is 0.328 e. The predicted octanol–water partition coefficient (Wildman–Crippen LogP) is 2.92. The summed E-state index contributed by atoms with van der Waals surface area (Å²) in [5, 5.41) is 3.82. The monoisotopic (exact) mass is 433 g/mol. The maximum atomic E-state index is 13.0. The van der Waals surface area contributed by atoms with Gasteiger partial charge in [-0.3, -0.25) is 9.59 Å². The number of piperidine rings is 1. The van der Waals surface area contributed by atoms with E-state index in [1.807, 2.05) is 60.7 Å². The van der Waals surface area contributed by atoms with Crippen molar-refractivity contribution in [2.45, 2.75) is 25.3 Å². The highest BCUT2D eigenvalue weighted by Crippen LogP contribution is 2.21. The standard InChI is InChI=1S/C25H27N3O4/c1-32-25(31)22(14-17-8-3-2-4-9-17)27-23(29)19-11-7-13-28(16-19)24(30)21-15-18-10-5-6-12-20(18)26-21/h2-6,8-10,12,15,19,22,26H,7,11,13-14,16H2,1H3,(H,27,29)/t19-,22-/m0/s1. The van der Waals surface area contributed by atoms with Crippen molar-refractivity contribution in [2.24, 2.45) is 5.92 Å². The number of carbonyl (C=O) groups is 3. The van der Waals surface area contributed by atoms with Crippen LogP contribution in [0.25, 0.3) is 10.9 Å². The molecule has 2 atom stereocenters. The number of aromatic amines is 1. The molecule has 0 spiro atoms. The number of nitrogens with zero attached hydrogens (tertiary/aromatic N) is 1. The van der Waals surface area contributed by atoms with Gasteiger partial charge < -0.3 is 19.9 Å². The number of nitrogens with one attached hydrogen (secondary N) is 2. The number of para-hydroxylation sites is 1. The van der Waals surface area contributed by atoms with E-state index < -0.39 is 12.0 Å². The van der Waals surface area contributed by atoms with Gasteiger partial charge in [0.05, 0.1) is 13.0 Å². The number of ether oxygens (including phenoxy) is 1. The van der Waals surface area contributed by atoms with Gasteiger partial charge in [-0.2, -0.15) is 0 Å². The number of carbonyl (C=O) groups excluding carboxylic acids is 3. The summed E-state index contributed by atoms with van der Waals surface area (Å²) in [5.74, 6) is -1.21. The van der Waals surface area contributed by atoms with Crippen LogP contribution in [0, 0.1) is 5.92 Å². The summed E-state index contributed by atoms with van der Waals surface area (Å²) in [7, 11) is 1.31. The van der Waals surface area contributed by atoms with Crippen LogP contribution in [-0.2, 0) is 20.7 Å². The molecule has 4 rings (SSSR count). The molecule has 1 fully saturated rings. The molecular weight excluding hydrogens is 406 g/mol. The Morgan fingerprint density at radius 1 is 1.12 bits per heavy atom. The average Bonchev–Trinajstić information content (AvgIpc) is 3.27. The molecule has 7 nitrogen and oxygen atoms in total. The van der Waals surface area contributed by atoms with E-state index in [1.165, 1.54) is 7.11 Å². The summed E-state index contributed by atoms with van der Waals surface area (Å²) in [6, 6.07) is 18.3. The molecule has 3 aromatic rings. The fourth-order valence-electron chi connectivity index (χ4n) is 4.21.